The first kappa shape index (κ1) is 18.6. The molecule has 2 aromatic rings. The Morgan fingerprint density at radius 1 is 1.27 bits per heavy atom. The van der Waals surface area contributed by atoms with Gasteiger partial charge in [-0.15, -0.1) is 0 Å². The van der Waals surface area contributed by atoms with Gasteiger partial charge in [-0.2, -0.15) is 10.2 Å². The first-order valence-corrected chi connectivity index (χ1v) is 9.51. The van der Waals surface area contributed by atoms with Crippen molar-refractivity contribution in [1.82, 2.24) is 24.5 Å². The van der Waals surface area contributed by atoms with Crippen molar-refractivity contribution < 1.29 is 9.59 Å². The van der Waals surface area contributed by atoms with Gasteiger partial charge in [0.2, 0.25) is 5.91 Å². The number of amides is 2. The molecule has 1 aliphatic rings. The Kier molecular flexibility index (Phi) is 5.45. The maximum atomic E-state index is 12.9. The molecule has 2 amide bonds. The van der Waals surface area contributed by atoms with Crippen LogP contribution in [-0.4, -0.2) is 49.4 Å². The number of nitrogens with one attached hydrogen (secondary N) is 1. The van der Waals surface area contributed by atoms with E-state index in [4.69, 9.17) is 0 Å². The fraction of sp³-hybridized carbons (Fsp3) is 0.529. The highest BCUT2D eigenvalue weighted by Gasteiger charge is 2.26. The highest BCUT2D eigenvalue weighted by molar-refractivity contribution is 9.10. The van der Waals surface area contributed by atoms with Gasteiger partial charge in [-0.25, -0.2) is 0 Å². The summed E-state index contributed by atoms with van der Waals surface area (Å²) < 4.78 is 3.96. The summed E-state index contributed by atoms with van der Waals surface area (Å²) in [5, 5.41) is 11.3. The summed E-state index contributed by atoms with van der Waals surface area (Å²) in [7, 11) is 1.71. The van der Waals surface area contributed by atoms with Crippen molar-refractivity contribution in [1.29, 1.82) is 0 Å². The molecule has 140 valence electrons. The lowest BCUT2D eigenvalue weighted by atomic mass is 10.1. The fourth-order valence-corrected chi connectivity index (χ4v) is 3.33. The van der Waals surface area contributed by atoms with Gasteiger partial charge in [0.15, 0.2) is 0 Å². The third kappa shape index (κ3) is 3.67. The molecular formula is C17H23BrN6O2. The number of piperidine rings is 1. The highest BCUT2D eigenvalue weighted by atomic mass is 79.9. The molecule has 1 fully saturated rings. The van der Waals surface area contributed by atoms with E-state index in [-0.39, 0.29) is 11.8 Å². The van der Waals surface area contributed by atoms with Crippen molar-refractivity contribution in [2.24, 2.45) is 7.05 Å². The van der Waals surface area contributed by atoms with Crippen LogP contribution >= 0.6 is 15.9 Å². The van der Waals surface area contributed by atoms with Crippen molar-refractivity contribution in [3.05, 3.63) is 28.3 Å². The Bertz CT molecular complexity index is 802. The Labute approximate surface area is 160 Å². The van der Waals surface area contributed by atoms with E-state index in [1.54, 1.807) is 24.9 Å². The number of carbonyl (C=O) groups is 2. The number of rotatable bonds is 4. The van der Waals surface area contributed by atoms with Gasteiger partial charge in [0, 0.05) is 26.3 Å². The van der Waals surface area contributed by atoms with E-state index >= 15 is 0 Å². The summed E-state index contributed by atoms with van der Waals surface area (Å²) in [6.45, 7) is 5.11. The van der Waals surface area contributed by atoms with Gasteiger partial charge in [-0.3, -0.25) is 19.0 Å². The minimum atomic E-state index is -0.516. The van der Waals surface area contributed by atoms with Crippen LogP contribution in [0, 0.1) is 6.92 Å². The number of aryl methyl sites for hydroxylation is 2. The fourth-order valence-electron chi connectivity index (χ4n) is 3.04. The molecule has 0 bridgehead atoms. The van der Waals surface area contributed by atoms with Gasteiger partial charge >= 0.3 is 0 Å². The monoisotopic (exact) mass is 422 g/mol. The van der Waals surface area contributed by atoms with Crippen molar-refractivity contribution in [2.75, 3.05) is 18.4 Å². The lowest BCUT2D eigenvalue weighted by molar-refractivity contribution is -0.119. The largest absolute Gasteiger partial charge is 0.337 e. The van der Waals surface area contributed by atoms with Gasteiger partial charge in [0.25, 0.3) is 5.91 Å². The molecule has 9 heteroatoms. The molecule has 0 aliphatic carbocycles. The minimum Gasteiger partial charge on any atom is -0.337 e. The van der Waals surface area contributed by atoms with Crippen LogP contribution in [0.2, 0.25) is 0 Å². The van der Waals surface area contributed by atoms with E-state index in [9.17, 15) is 9.59 Å². The van der Waals surface area contributed by atoms with Crippen molar-refractivity contribution in [3.63, 3.8) is 0 Å². The summed E-state index contributed by atoms with van der Waals surface area (Å²) in [5.41, 5.74) is 1.65. The lowest BCUT2D eigenvalue weighted by Gasteiger charge is -2.27. The van der Waals surface area contributed by atoms with Gasteiger partial charge in [0.05, 0.1) is 22.1 Å². The van der Waals surface area contributed by atoms with Crippen molar-refractivity contribution >= 4 is 33.4 Å². The summed E-state index contributed by atoms with van der Waals surface area (Å²) in [6.07, 6.45) is 6.45. The van der Waals surface area contributed by atoms with Gasteiger partial charge in [-0.1, -0.05) is 0 Å². The number of carbonyl (C=O) groups excluding carboxylic acids is 2. The summed E-state index contributed by atoms with van der Waals surface area (Å²) in [6, 6.07) is -0.516. The summed E-state index contributed by atoms with van der Waals surface area (Å²) in [5.74, 6) is -0.342. The third-order valence-corrected chi connectivity index (χ3v) is 5.45. The quantitative estimate of drug-likeness (QED) is 0.819. The third-order valence-electron chi connectivity index (χ3n) is 4.68. The Hall–Kier alpha value is -2.16. The molecule has 0 saturated carbocycles. The molecule has 0 aromatic carbocycles. The second-order valence-corrected chi connectivity index (χ2v) is 7.45. The molecule has 2 aromatic heterocycles. The van der Waals surface area contributed by atoms with Crippen LogP contribution in [0.1, 0.15) is 48.4 Å². The molecule has 1 N–H and O–H groups in total. The molecule has 1 aliphatic heterocycles. The predicted octanol–water partition coefficient (Wildman–Crippen LogP) is 2.51. The first-order valence-electron chi connectivity index (χ1n) is 8.72. The number of likely N-dealkylation sites (tertiary alicyclic amines) is 1. The van der Waals surface area contributed by atoms with E-state index in [1.807, 2.05) is 11.8 Å². The summed E-state index contributed by atoms with van der Waals surface area (Å²) in [4.78, 5) is 27.3. The second-order valence-electron chi connectivity index (χ2n) is 6.59. The number of hydrogen-bond acceptors (Lipinski definition) is 4. The average molecular weight is 423 g/mol. The zero-order valence-corrected chi connectivity index (χ0v) is 16.8. The zero-order valence-electron chi connectivity index (χ0n) is 15.2. The molecule has 1 atom stereocenters. The minimum absolute atomic E-state index is 0.0923. The topological polar surface area (TPSA) is 85.0 Å². The first-order chi connectivity index (χ1) is 12.4. The van der Waals surface area contributed by atoms with Crippen LogP contribution in [0.25, 0.3) is 0 Å². The van der Waals surface area contributed by atoms with Crippen LogP contribution in [-0.2, 0) is 11.8 Å². The van der Waals surface area contributed by atoms with E-state index in [0.29, 0.717) is 11.4 Å². The molecular weight excluding hydrogens is 400 g/mol. The molecule has 3 heterocycles. The number of anilines is 1. The number of aromatic nitrogens is 4. The predicted molar refractivity (Wildman–Crippen MR) is 101 cm³/mol. The number of nitrogens with zero attached hydrogens (tertiary/aromatic N) is 5. The summed E-state index contributed by atoms with van der Waals surface area (Å²) >= 11 is 3.40. The molecule has 0 spiro atoms. The Morgan fingerprint density at radius 3 is 2.58 bits per heavy atom. The Balaban J connectivity index is 1.77. The van der Waals surface area contributed by atoms with Crippen molar-refractivity contribution in [2.45, 2.75) is 39.2 Å². The zero-order chi connectivity index (χ0) is 18.8. The SMILES string of the molecule is Cc1nn([C@@H](C)C(=O)Nc2cnn(C)c2C(=O)N2CCCCC2)cc1Br. The van der Waals surface area contributed by atoms with Gasteiger partial charge < -0.3 is 10.2 Å². The molecule has 8 nitrogen and oxygen atoms in total. The molecule has 0 unspecified atom stereocenters. The van der Waals surface area contributed by atoms with Crippen molar-refractivity contribution in [3.8, 4) is 0 Å². The lowest BCUT2D eigenvalue weighted by Crippen LogP contribution is -2.37. The van der Waals surface area contributed by atoms with Gasteiger partial charge in [-0.05, 0) is 49.0 Å². The maximum Gasteiger partial charge on any atom is 0.274 e. The number of halogens is 1. The van der Waals surface area contributed by atoms with E-state index in [2.05, 4.69) is 31.4 Å². The standard InChI is InChI=1S/C17H23BrN6O2/c1-11-13(18)10-24(21-11)12(2)16(25)20-14-9-19-22(3)15(14)17(26)23-7-5-4-6-8-23/h9-10,12H,4-8H2,1-3H3,(H,20,25)/t12-/m0/s1. The van der Waals surface area contributed by atoms with Crippen LogP contribution in [0.4, 0.5) is 5.69 Å². The van der Waals surface area contributed by atoms with E-state index in [1.165, 1.54) is 10.9 Å². The molecule has 0 radical (unpaired) electrons. The Morgan fingerprint density at radius 2 is 1.96 bits per heavy atom. The van der Waals surface area contributed by atoms with Crippen LogP contribution < -0.4 is 5.32 Å². The van der Waals surface area contributed by atoms with Crippen LogP contribution in [0.3, 0.4) is 0 Å². The van der Waals surface area contributed by atoms with E-state index in [0.717, 1.165) is 42.5 Å². The molecule has 3 rings (SSSR count). The average Bonchev–Trinajstić information content (AvgIpc) is 3.16. The highest BCUT2D eigenvalue weighted by Crippen LogP contribution is 2.22. The number of hydrogen-bond donors (Lipinski definition) is 1. The maximum absolute atomic E-state index is 12.9. The van der Waals surface area contributed by atoms with Gasteiger partial charge in [0.1, 0.15) is 11.7 Å². The second kappa shape index (κ2) is 7.61. The smallest absolute Gasteiger partial charge is 0.274 e. The molecule has 26 heavy (non-hydrogen) atoms. The van der Waals surface area contributed by atoms with Crippen LogP contribution in [0.15, 0.2) is 16.9 Å². The normalized spacial score (nSPS) is 15.8. The molecule has 1 saturated heterocycles. The van der Waals surface area contributed by atoms with Crippen LogP contribution in [0.5, 0.6) is 0 Å². The van der Waals surface area contributed by atoms with E-state index < -0.39 is 6.04 Å².